The molecule has 8 heterocycles. The van der Waals surface area contributed by atoms with E-state index in [1.807, 2.05) is 20.8 Å². The van der Waals surface area contributed by atoms with Gasteiger partial charge in [-0.3, -0.25) is 84.9 Å². The second kappa shape index (κ2) is 34.5. The molecule has 6 fully saturated rings. The molecular formula is C91H104N12O24. The van der Waals surface area contributed by atoms with Gasteiger partial charge in [-0.05, 0) is 188 Å². The van der Waals surface area contributed by atoms with Crippen LogP contribution in [0.3, 0.4) is 0 Å². The maximum absolute atomic E-state index is 14.4. The van der Waals surface area contributed by atoms with E-state index in [1.165, 1.54) is 37.1 Å². The molecule has 672 valence electrons. The summed E-state index contributed by atoms with van der Waals surface area (Å²) in [5.41, 5.74) is 3.24. The van der Waals surface area contributed by atoms with Crippen LogP contribution in [0.1, 0.15) is 253 Å². The van der Waals surface area contributed by atoms with Gasteiger partial charge < -0.3 is 56.2 Å². The van der Waals surface area contributed by atoms with Crippen molar-refractivity contribution in [2.75, 3.05) is 0 Å². The molecule has 6 saturated carbocycles. The number of ether oxygens (including phenoxy) is 3. The first-order valence-electron chi connectivity index (χ1n) is 43.8. The van der Waals surface area contributed by atoms with E-state index in [0.29, 0.717) is 77.0 Å². The van der Waals surface area contributed by atoms with Crippen LogP contribution in [0.5, 0.6) is 0 Å². The Morgan fingerprint density at radius 1 is 0.252 bits per heavy atom. The van der Waals surface area contributed by atoms with Gasteiger partial charge in [-0.15, -0.1) is 0 Å². The number of rotatable bonds is 9. The van der Waals surface area contributed by atoms with Crippen LogP contribution < -0.4 is 122 Å². The third-order valence-electron chi connectivity index (χ3n) is 25.9. The number of alkyl carbamates (subject to hydrolysis) is 3. The normalized spacial score (nSPS) is 23.3. The number of fused-ring (bicyclic) bond motifs is 8. The predicted octanol–water partition coefficient (Wildman–Crippen LogP) is 6.59. The average molecular weight is 1750 g/mol. The van der Waals surface area contributed by atoms with Crippen molar-refractivity contribution in [3.8, 4) is 0 Å². The number of nitrogens with zero attached hydrogens (tertiary/aromatic N) is 6. The third-order valence-corrected chi connectivity index (χ3v) is 25.9. The highest BCUT2D eigenvalue weighted by Gasteiger charge is 2.41. The lowest BCUT2D eigenvalue weighted by molar-refractivity contribution is 0.0459. The van der Waals surface area contributed by atoms with E-state index in [-0.39, 0.29) is 129 Å². The Morgan fingerprint density at radius 2 is 0.417 bits per heavy atom. The maximum atomic E-state index is 14.4. The van der Waals surface area contributed by atoms with E-state index in [4.69, 9.17) is 31.4 Å². The molecule has 36 heteroatoms. The van der Waals surface area contributed by atoms with Crippen molar-refractivity contribution < 1.29 is 37.4 Å². The first kappa shape index (κ1) is 89.5. The summed E-state index contributed by atoms with van der Waals surface area (Å²) in [4.78, 5) is 252. The second-order valence-electron chi connectivity index (χ2n) is 37.9. The Morgan fingerprint density at radius 3 is 0.622 bits per heavy atom. The quantitative estimate of drug-likeness (QED) is 0.0830. The second-order valence-corrected chi connectivity index (χ2v) is 37.9. The number of hydrogen-bond donors (Lipinski definition) is 6. The van der Waals surface area contributed by atoms with Crippen LogP contribution in [0.15, 0.2) is 134 Å². The van der Waals surface area contributed by atoms with Gasteiger partial charge in [-0.25, -0.2) is 33.6 Å². The summed E-state index contributed by atoms with van der Waals surface area (Å²) in [5, 5.41) is 7.27. The number of amides is 3. The highest BCUT2D eigenvalue weighted by Crippen LogP contribution is 2.39. The van der Waals surface area contributed by atoms with Gasteiger partial charge >= 0.3 is 40.8 Å². The molecular weight excluding hydrogens is 1650 g/mol. The van der Waals surface area contributed by atoms with Crippen LogP contribution in [0.4, 0.5) is 14.4 Å². The van der Waals surface area contributed by atoms with Gasteiger partial charge in [-0.2, -0.15) is 0 Å². The molecule has 0 saturated heterocycles. The van der Waals surface area contributed by atoms with Gasteiger partial charge in [0.05, 0.1) is 135 Å². The fourth-order valence-electron chi connectivity index (χ4n) is 20.0. The fraction of sp³-hybridized carbons (Fsp3) is 0.527. The topological polar surface area (TPSA) is 522 Å². The van der Waals surface area contributed by atoms with Crippen molar-refractivity contribution in [1.82, 2.24) is 43.4 Å². The zero-order valence-corrected chi connectivity index (χ0v) is 72.2. The highest BCUT2D eigenvalue weighted by atomic mass is 16.6. The van der Waals surface area contributed by atoms with Crippen LogP contribution in [0.2, 0.25) is 0 Å². The Labute approximate surface area is 719 Å². The van der Waals surface area contributed by atoms with Crippen molar-refractivity contribution in [3.63, 3.8) is 0 Å². The number of carbonyl (C=O) groups is 3. The van der Waals surface area contributed by atoms with E-state index in [0.717, 1.165) is 103 Å². The molecule has 6 aliphatic carbocycles. The van der Waals surface area contributed by atoms with Gasteiger partial charge in [0.1, 0.15) is 16.8 Å². The van der Waals surface area contributed by atoms with E-state index in [9.17, 15) is 91.1 Å². The number of aromatic nitrogens is 6. The SMILES string of the molecule is CC(C)(C)OC(=O)NC1CCCC[C@H]1N.CC(C)(C)OC(=O)NC1CCCC[C@H]1n1c(=O)c2cc3c(=O)n(C4CCCC[C@H]4n4c(=O)c5cc6c(=O)n(C7CCCC[C@H]7NC(=O)OC(C)(C)C)c(=O)c6cc5c4=O)c(=O)c3cc2c1=O.NC1CCCC[C@H]1N.O=c1oc(=O)c2cc3c(=O)n(C4CCCC[C@H]4n4c(=O)c5cc6c(=O)oc(=O)c6cc5c4=O)c(=O)c3cc12. The van der Waals surface area contributed by atoms with Gasteiger partial charge in [0.25, 0.3) is 66.7 Å². The summed E-state index contributed by atoms with van der Waals surface area (Å²) in [5.74, 6) is 0. The van der Waals surface area contributed by atoms with E-state index < -0.39 is 167 Å². The lowest BCUT2D eigenvalue weighted by Crippen LogP contribution is -2.50. The molecule has 12 atom stereocenters. The molecule has 127 heavy (non-hydrogen) atoms. The highest BCUT2D eigenvalue weighted by molar-refractivity contribution is 6.01. The Balaban J connectivity index is 0.000000168. The van der Waals surface area contributed by atoms with Gasteiger partial charge in [0, 0.05) is 24.2 Å². The van der Waals surface area contributed by atoms with E-state index >= 15 is 0 Å². The summed E-state index contributed by atoms with van der Waals surface area (Å²) >= 11 is 0. The van der Waals surface area contributed by atoms with E-state index in [1.54, 1.807) is 41.5 Å². The molecule has 6 aliphatic rings. The number of furan rings is 2. The Hall–Kier alpha value is -12.3. The van der Waals surface area contributed by atoms with Crippen molar-refractivity contribution >= 4 is 104 Å². The number of hydrogen-bond acceptors (Lipinski definition) is 27. The third kappa shape index (κ3) is 17.0. The minimum Gasteiger partial charge on any atom is -0.444 e. The van der Waals surface area contributed by atoms with Gasteiger partial charge in [0.2, 0.25) is 0 Å². The van der Waals surface area contributed by atoms with Crippen LogP contribution in [0.25, 0.3) is 86.2 Å². The molecule has 0 aliphatic heterocycles. The molecule has 0 spiro atoms. The smallest absolute Gasteiger partial charge is 0.407 e. The maximum Gasteiger partial charge on any atom is 0.407 e. The Kier molecular flexibility index (Phi) is 24.3. The van der Waals surface area contributed by atoms with Crippen molar-refractivity contribution in [3.05, 3.63) is 214 Å². The molecule has 9 N–H and O–H groups in total. The molecule has 6 unspecified atom stereocenters. The average Bonchev–Trinajstić information content (AvgIpc) is 1.57. The van der Waals surface area contributed by atoms with Crippen LogP contribution in [0, 0.1) is 0 Å². The molecule has 0 radical (unpaired) electrons. The summed E-state index contributed by atoms with van der Waals surface area (Å²) in [7, 11) is 0. The van der Waals surface area contributed by atoms with Crippen LogP contribution in [-0.2, 0) is 14.2 Å². The lowest BCUT2D eigenvalue weighted by Gasteiger charge is -2.33. The fourth-order valence-corrected chi connectivity index (χ4v) is 20.0. The summed E-state index contributed by atoms with van der Waals surface area (Å²) in [6, 6.07) is 4.27. The molecule has 36 nitrogen and oxygen atoms in total. The van der Waals surface area contributed by atoms with Crippen molar-refractivity contribution in [2.45, 2.75) is 306 Å². The number of nitrogens with one attached hydrogen (secondary N) is 3. The first-order valence-corrected chi connectivity index (χ1v) is 43.8. The molecule has 12 aromatic rings. The molecule has 18 rings (SSSR count). The minimum atomic E-state index is -0.959. The molecule has 0 bridgehead atoms. The lowest BCUT2D eigenvalue weighted by atomic mass is 9.90. The van der Waals surface area contributed by atoms with Crippen LogP contribution >= 0.6 is 0 Å². The van der Waals surface area contributed by atoms with Crippen molar-refractivity contribution in [1.29, 1.82) is 0 Å². The summed E-state index contributed by atoms with van der Waals surface area (Å²) in [6.07, 6.45) is 15.6. The largest absolute Gasteiger partial charge is 0.444 e. The number of benzene rings is 4. The minimum absolute atomic E-state index is 0.0436. The standard InChI is InChI=1S/C48H54N6O12.C26H14N2O10.C11H22N2O2.C6H14N2/c1-47(2,3)65-45(63)49-31-13-7-9-15-33(31)51-37(55)23-19-27-28(20-24(23)38(51)56)42(60)53(41(27)59)35-17-11-12-18-36(35)54-43(61)29-21-25-26(22-30(29)44(54)62)40(58)52(39(25)57)34-16-10-8-14-32(34)50-46(64)66-48(4,5)6;29-19-9-5-13-14(24(34)37-23(13)33)6-10(9)20(30)27(19)17-3-1-2-4-18(17)28-21(31)11-7-15-16(8-12(11)22(28)32)26(36)38-25(15)35;1-11(2,3)15-10(14)13-9-7-5-4-6-8(9)12;7-5-3-1-2-4-6(5)8/h19-22,31-36H,7-18H2,1-6H3,(H,49,63)(H,50,64);5-8,17-18H,1-4H2;8-9H,4-7,12H2,1-3H3,(H,13,14);5-6H,1-4,7-8H2/t31-,32?,33?,34-,35-,36?;17-,18?;8-,9?;5-,6?/m1111/s1. The monoisotopic (exact) mass is 1750 g/mol. The van der Waals surface area contributed by atoms with Gasteiger partial charge in [0.15, 0.2) is 0 Å². The zero-order valence-electron chi connectivity index (χ0n) is 72.2. The number of nitrogens with two attached hydrogens (primary N) is 3. The first-order chi connectivity index (χ1) is 60.0. The zero-order chi connectivity index (χ0) is 91.4. The van der Waals surface area contributed by atoms with Crippen molar-refractivity contribution in [2.24, 2.45) is 17.2 Å². The molecule has 3 amide bonds. The molecule has 4 aromatic carbocycles. The Bertz CT molecular complexity index is 6620. The molecule has 8 aromatic heterocycles. The van der Waals surface area contributed by atoms with Crippen LogP contribution in [-0.4, -0.2) is 98.7 Å². The van der Waals surface area contributed by atoms with Gasteiger partial charge in [-0.1, -0.05) is 77.0 Å². The predicted molar refractivity (Wildman–Crippen MR) is 477 cm³/mol. The summed E-state index contributed by atoms with van der Waals surface area (Å²) in [6.45, 7) is 15.9. The summed E-state index contributed by atoms with van der Waals surface area (Å²) < 4.78 is 31.4. The number of carbonyl (C=O) groups excluding carboxylic acids is 3. The van der Waals surface area contributed by atoms with E-state index in [2.05, 4.69) is 24.8 Å².